The average molecular weight is 968 g/mol. The molecule has 1 saturated heterocycles. The number of carbonyl (C=O) groups excluding carboxylic acids is 7. The molecule has 1 aromatic rings. The number of carboxylic acid groups (broad SMARTS) is 1. The van der Waals surface area contributed by atoms with Crippen LogP contribution < -0.4 is 32.3 Å². The van der Waals surface area contributed by atoms with Gasteiger partial charge in [-0.15, -0.1) is 0 Å². The number of ether oxygens (including phenoxy) is 2. The van der Waals surface area contributed by atoms with Crippen molar-refractivity contribution >= 4 is 53.6 Å². The van der Waals surface area contributed by atoms with Gasteiger partial charge in [0.1, 0.15) is 12.4 Å². The van der Waals surface area contributed by atoms with Gasteiger partial charge in [-0.3, -0.25) is 48.3 Å². The number of esters is 1. The Hall–Kier alpha value is -5.18. The highest BCUT2D eigenvalue weighted by atomic mass is 16.5. The number of rotatable bonds is 25. The lowest BCUT2D eigenvalue weighted by atomic mass is 9.99. The number of Topliss-reactive ketones (excluding diaryl/α,β-unsaturated/α-hetero) is 1. The molecule has 0 aromatic heterocycles. The first kappa shape index (κ1) is 67.1. The highest BCUT2D eigenvalue weighted by Crippen LogP contribution is 2.19. The van der Waals surface area contributed by atoms with Crippen LogP contribution in [0.1, 0.15) is 127 Å². The Morgan fingerprint density at radius 1 is 0.706 bits per heavy atom. The van der Waals surface area contributed by atoms with E-state index >= 15 is 0 Å². The highest BCUT2D eigenvalue weighted by molar-refractivity contribution is 5.85. The van der Waals surface area contributed by atoms with Crippen molar-refractivity contribution in [3.05, 3.63) is 29.8 Å². The Balaban J connectivity index is -0.00000158. The fourth-order valence-corrected chi connectivity index (χ4v) is 5.75. The summed E-state index contributed by atoms with van der Waals surface area (Å²) in [4.78, 5) is 98.4. The van der Waals surface area contributed by atoms with Crippen LogP contribution in [0.2, 0.25) is 0 Å². The minimum absolute atomic E-state index is 0.00764. The summed E-state index contributed by atoms with van der Waals surface area (Å²) in [5.74, 6) is -1.98. The Morgan fingerprint density at radius 2 is 1.19 bits per heavy atom. The summed E-state index contributed by atoms with van der Waals surface area (Å²) < 4.78 is 10.9. The third kappa shape index (κ3) is 38.9. The smallest absolute Gasteiger partial charge is 0.317 e. The third-order valence-corrected chi connectivity index (χ3v) is 9.15. The van der Waals surface area contributed by atoms with Crippen LogP contribution in [0.15, 0.2) is 24.3 Å². The largest absolute Gasteiger partial charge is 0.480 e. The number of hydrogen-bond acceptors (Lipinski definition) is 13. The molecule has 1 aliphatic heterocycles. The first-order valence-electron chi connectivity index (χ1n) is 24.0. The molecule has 1 heterocycles. The van der Waals surface area contributed by atoms with E-state index in [-0.39, 0.29) is 75.3 Å². The van der Waals surface area contributed by atoms with Crippen molar-refractivity contribution in [3.8, 4) is 0 Å². The fraction of sp³-hybridized carbons (Fsp3) is 0.708. The normalized spacial score (nSPS) is 13.1. The Bertz CT molecular complexity index is 1580. The van der Waals surface area contributed by atoms with Crippen molar-refractivity contribution in [2.45, 2.75) is 139 Å². The standard InChI is InChI=1S/C30H56N8O8.C11H13NO3.C3H8.2C2H6/c1-6-23(39)17-30(4,5)46-22-29(2,3)35-26(42)20-37-12-11-36(13-15-38(16-14-37)21-27(43)44)19-25(41)34-18-24(40)32-9-7-8-10-33-28(31)45;1-2-11(14)15-7-9-3-5-10(6-4-9)12-8-13;1-3-2;2*1-2/h6-22H2,1-5H3,(H,32,40)(H,34,41)(H,35,42)(H,43,44)(H3,31,33,45);3-6,8H,2,7H2,1H3,(H,12,13);3H2,1-2H3;2*1-2H3. The van der Waals surface area contributed by atoms with Gasteiger partial charge in [-0.1, -0.05) is 73.9 Å². The zero-order chi connectivity index (χ0) is 52.6. The van der Waals surface area contributed by atoms with E-state index in [1.54, 1.807) is 36.1 Å². The second kappa shape index (κ2) is 40.8. The third-order valence-electron chi connectivity index (χ3n) is 9.15. The van der Waals surface area contributed by atoms with Crippen LogP contribution in [-0.4, -0.2) is 164 Å². The SMILES string of the molecule is CC.CC.CCC.CCC(=O)CC(C)(C)OCC(C)(C)NC(=O)CN1CCN(CC(=O)O)CCN(CC(=O)NCC(=O)NCCCCNC(N)=O)CC1.CCC(=O)OCc1ccc(NC=O)cc1. The van der Waals surface area contributed by atoms with E-state index in [1.165, 1.54) is 6.42 Å². The summed E-state index contributed by atoms with van der Waals surface area (Å²) in [6.07, 6.45) is 4.26. The van der Waals surface area contributed by atoms with Gasteiger partial charge in [-0.25, -0.2) is 4.79 Å². The zero-order valence-electron chi connectivity index (χ0n) is 43.5. The number of nitrogens with zero attached hydrogens (tertiary/aromatic N) is 3. The molecule has 8 N–H and O–H groups in total. The van der Waals surface area contributed by atoms with Gasteiger partial charge in [0.2, 0.25) is 24.1 Å². The number of unbranched alkanes of at least 4 members (excludes halogenated alkanes) is 1. The van der Waals surface area contributed by atoms with Crippen molar-refractivity contribution in [2.24, 2.45) is 5.73 Å². The zero-order valence-corrected chi connectivity index (χ0v) is 43.5. The second-order valence-electron chi connectivity index (χ2n) is 16.6. The Kier molecular flexibility index (Phi) is 40.3. The van der Waals surface area contributed by atoms with Crippen LogP contribution >= 0.6 is 0 Å². The van der Waals surface area contributed by atoms with Crippen LogP contribution in [0.25, 0.3) is 0 Å². The van der Waals surface area contributed by atoms with Crippen LogP contribution in [0, 0.1) is 0 Å². The van der Waals surface area contributed by atoms with Gasteiger partial charge >= 0.3 is 18.0 Å². The van der Waals surface area contributed by atoms with Crippen molar-refractivity contribution in [1.29, 1.82) is 0 Å². The van der Waals surface area contributed by atoms with Gasteiger partial charge < -0.3 is 46.9 Å². The van der Waals surface area contributed by atoms with E-state index in [1.807, 2.05) is 72.1 Å². The summed E-state index contributed by atoms with van der Waals surface area (Å²) in [6.45, 7) is 26.9. The maximum absolute atomic E-state index is 13.1. The number of carbonyl (C=O) groups is 8. The molecule has 0 radical (unpaired) electrons. The predicted octanol–water partition coefficient (Wildman–Crippen LogP) is 3.91. The Morgan fingerprint density at radius 3 is 1.65 bits per heavy atom. The van der Waals surface area contributed by atoms with Gasteiger partial charge in [-0.2, -0.15) is 0 Å². The Labute approximate surface area is 406 Å². The molecule has 392 valence electrons. The predicted molar refractivity (Wildman–Crippen MR) is 267 cm³/mol. The molecule has 20 heteroatoms. The highest BCUT2D eigenvalue weighted by Gasteiger charge is 2.29. The lowest BCUT2D eigenvalue weighted by Gasteiger charge is -2.33. The first-order valence-corrected chi connectivity index (χ1v) is 24.0. The summed E-state index contributed by atoms with van der Waals surface area (Å²) >= 11 is 0. The molecular weight excluding hydrogens is 879 g/mol. The fourth-order valence-electron chi connectivity index (χ4n) is 5.75. The maximum Gasteiger partial charge on any atom is 0.317 e. The molecule has 0 aliphatic carbocycles. The number of nitrogens with one attached hydrogen (secondary N) is 5. The lowest BCUT2D eigenvalue weighted by molar-refractivity contribution is -0.144. The topological polar surface area (TPSA) is 271 Å². The summed E-state index contributed by atoms with van der Waals surface area (Å²) in [6, 6.07) is 6.51. The number of anilines is 1. The summed E-state index contributed by atoms with van der Waals surface area (Å²) in [7, 11) is 0. The number of benzene rings is 1. The van der Waals surface area contributed by atoms with Crippen molar-refractivity contribution in [2.75, 3.05) is 90.5 Å². The number of ketones is 1. The molecular formula is C48H89N9O11. The van der Waals surface area contributed by atoms with E-state index in [4.69, 9.17) is 15.2 Å². The van der Waals surface area contributed by atoms with Crippen LogP contribution in [0.4, 0.5) is 10.5 Å². The summed E-state index contributed by atoms with van der Waals surface area (Å²) in [5, 5.41) is 22.7. The van der Waals surface area contributed by atoms with Gasteiger partial charge in [0.05, 0.1) is 43.9 Å². The number of carboxylic acids is 1. The molecule has 1 aliphatic rings. The number of hydrogen-bond donors (Lipinski definition) is 7. The lowest BCUT2D eigenvalue weighted by Crippen LogP contribution is -2.52. The molecule has 20 nitrogen and oxygen atoms in total. The molecule has 0 unspecified atom stereocenters. The quantitative estimate of drug-likeness (QED) is 0.0416. The first-order chi connectivity index (χ1) is 32.2. The van der Waals surface area contributed by atoms with E-state index < -0.39 is 23.1 Å². The minimum Gasteiger partial charge on any atom is -0.480 e. The molecule has 1 fully saturated rings. The monoisotopic (exact) mass is 968 g/mol. The van der Waals surface area contributed by atoms with Gasteiger partial charge in [0, 0.05) is 77.3 Å². The second-order valence-corrected chi connectivity index (χ2v) is 16.6. The van der Waals surface area contributed by atoms with E-state index in [0.717, 1.165) is 11.3 Å². The molecule has 68 heavy (non-hydrogen) atoms. The van der Waals surface area contributed by atoms with Gasteiger partial charge in [0.15, 0.2) is 0 Å². The van der Waals surface area contributed by atoms with Crippen molar-refractivity contribution in [3.63, 3.8) is 0 Å². The van der Waals surface area contributed by atoms with E-state index in [2.05, 4.69) is 40.4 Å². The number of nitrogens with two attached hydrogens (primary N) is 1. The molecule has 0 bridgehead atoms. The number of amides is 6. The van der Waals surface area contributed by atoms with Crippen LogP contribution in [0.3, 0.4) is 0 Å². The number of aliphatic carboxylic acids is 1. The van der Waals surface area contributed by atoms with Gasteiger partial charge in [-0.05, 0) is 58.2 Å². The maximum atomic E-state index is 13.1. The minimum atomic E-state index is -0.965. The van der Waals surface area contributed by atoms with E-state index in [0.29, 0.717) is 84.5 Å². The average Bonchev–Trinajstić information content (AvgIpc) is 3.37. The molecule has 0 atom stereocenters. The molecule has 2 rings (SSSR count). The molecule has 1 aromatic carbocycles. The van der Waals surface area contributed by atoms with Crippen molar-refractivity contribution < 1.29 is 52.9 Å². The van der Waals surface area contributed by atoms with Crippen molar-refractivity contribution in [1.82, 2.24) is 36.0 Å². The van der Waals surface area contributed by atoms with Gasteiger partial charge in [0.25, 0.3) is 0 Å². The molecule has 0 spiro atoms. The van der Waals surface area contributed by atoms with Crippen LogP contribution in [-0.2, 0) is 49.6 Å². The summed E-state index contributed by atoms with van der Waals surface area (Å²) in [5.41, 5.74) is 5.26. The molecule has 6 amide bonds. The molecule has 0 saturated carbocycles. The number of primary amides is 1. The van der Waals surface area contributed by atoms with E-state index in [9.17, 15) is 43.5 Å². The van der Waals surface area contributed by atoms with Crippen LogP contribution in [0.5, 0.6) is 0 Å². The number of urea groups is 1.